The van der Waals surface area contributed by atoms with Gasteiger partial charge in [-0.2, -0.15) is 0 Å². The monoisotopic (exact) mass is 546 g/mol. The lowest BCUT2D eigenvalue weighted by molar-refractivity contribution is -0.193. The van der Waals surface area contributed by atoms with Gasteiger partial charge in [0.05, 0.1) is 19.3 Å². The molecule has 8 atom stereocenters. The molecule has 2 saturated carbocycles. The van der Waals surface area contributed by atoms with E-state index < -0.39 is 0 Å². The Morgan fingerprint density at radius 3 is 2.51 bits per heavy atom. The third kappa shape index (κ3) is 9.41. The number of hydrogen-bond donors (Lipinski definition) is 0. The van der Waals surface area contributed by atoms with Crippen LogP contribution in [-0.2, 0) is 28.5 Å². The molecular formula is C33H54O6. The third-order valence-corrected chi connectivity index (χ3v) is 9.34. The Morgan fingerprint density at radius 1 is 1.05 bits per heavy atom. The summed E-state index contributed by atoms with van der Waals surface area (Å²) >= 11 is 0. The average Bonchev–Trinajstić information content (AvgIpc) is 3.50. The van der Waals surface area contributed by atoms with Crippen molar-refractivity contribution in [2.24, 2.45) is 23.7 Å². The second-order valence-corrected chi connectivity index (χ2v) is 12.3. The molecule has 6 nitrogen and oxygen atoms in total. The van der Waals surface area contributed by atoms with Crippen LogP contribution in [0.5, 0.6) is 0 Å². The fraction of sp³-hybridized carbons (Fsp3) is 0.848. The maximum Gasteiger partial charge on any atom is 0.305 e. The van der Waals surface area contributed by atoms with Crippen LogP contribution in [0.3, 0.4) is 0 Å². The van der Waals surface area contributed by atoms with E-state index in [1.807, 2.05) is 0 Å². The van der Waals surface area contributed by atoms with E-state index in [0.717, 1.165) is 71.0 Å². The van der Waals surface area contributed by atoms with Crippen molar-refractivity contribution in [3.8, 4) is 0 Å². The van der Waals surface area contributed by atoms with E-state index in [4.69, 9.17) is 23.7 Å². The number of methoxy groups -OCH3 is 1. The predicted octanol–water partition coefficient (Wildman–Crippen LogP) is 7.51. The minimum Gasteiger partial charge on any atom is -0.469 e. The van der Waals surface area contributed by atoms with E-state index in [1.165, 1.54) is 39.2 Å². The highest BCUT2D eigenvalue weighted by molar-refractivity contribution is 5.69. The second kappa shape index (κ2) is 16.3. The zero-order chi connectivity index (χ0) is 27.5. The molecule has 4 rings (SSSR count). The van der Waals surface area contributed by atoms with Gasteiger partial charge in [-0.05, 0) is 94.8 Å². The summed E-state index contributed by atoms with van der Waals surface area (Å²) in [4.78, 5) is 11.5. The van der Waals surface area contributed by atoms with Crippen molar-refractivity contribution in [1.29, 1.82) is 0 Å². The zero-order valence-electron chi connectivity index (χ0n) is 24.8. The number of ether oxygens (including phenoxy) is 5. The number of allylic oxidation sites excluding steroid dienone is 2. The van der Waals surface area contributed by atoms with Crippen molar-refractivity contribution >= 4 is 5.97 Å². The average molecular weight is 547 g/mol. The van der Waals surface area contributed by atoms with Gasteiger partial charge in [0.1, 0.15) is 0 Å². The molecule has 2 heterocycles. The van der Waals surface area contributed by atoms with E-state index in [0.29, 0.717) is 30.1 Å². The lowest BCUT2D eigenvalue weighted by Crippen LogP contribution is -2.32. The van der Waals surface area contributed by atoms with Gasteiger partial charge in [0.15, 0.2) is 12.6 Å². The van der Waals surface area contributed by atoms with Gasteiger partial charge < -0.3 is 23.7 Å². The summed E-state index contributed by atoms with van der Waals surface area (Å²) in [6, 6.07) is 0. The molecule has 0 N–H and O–H groups in total. The first-order valence-electron chi connectivity index (χ1n) is 16.0. The molecule has 0 bridgehead atoms. The van der Waals surface area contributed by atoms with Crippen LogP contribution in [0.25, 0.3) is 0 Å². The molecule has 0 aromatic carbocycles. The van der Waals surface area contributed by atoms with Crippen molar-refractivity contribution in [2.75, 3.05) is 20.3 Å². The van der Waals surface area contributed by atoms with Crippen LogP contribution < -0.4 is 0 Å². The minimum absolute atomic E-state index is 0.0574. The van der Waals surface area contributed by atoms with Gasteiger partial charge in [0, 0.05) is 25.6 Å². The van der Waals surface area contributed by atoms with Crippen LogP contribution >= 0.6 is 0 Å². The normalized spacial score (nSPS) is 33.9. The van der Waals surface area contributed by atoms with Crippen LogP contribution in [-0.4, -0.2) is 51.1 Å². The van der Waals surface area contributed by atoms with Crippen LogP contribution in [0.1, 0.15) is 110 Å². The molecule has 2 aliphatic heterocycles. The van der Waals surface area contributed by atoms with E-state index in [1.54, 1.807) is 5.57 Å². The minimum atomic E-state index is -0.115. The summed E-state index contributed by atoms with van der Waals surface area (Å²) in [5, 5.41) is 0. The molecule has 0 radical (unpaired) electrons. The molecule has 4 fully saturated rings. The van der Waals surface area contributed by atoms with Crippen LogP contribution in [0.4, 0.5) is 0 Å². The molecule has 222 valence electrons. The molecule has 2 aliphatic carbocycles. The zero-order valence-corrected chi connectivity index (χ0v) is 24.8. The van der Waals surface area contributed by atoms with E-state index in [9.17, 15) is 4.79 Å². The summed E-state index contributed by atoms with van der Waals surface area (Å²) in [5.74, 6) is 1.96. The Hall–Kier alpha value is -1.21. The Labute approximate surface area is 237 Å². The first-order valence-corrected chi connectivity index (χ1v) is 16.0. The van der Waals surface area contributed by atoms with Crippen molar-refractivity contribution < 1.29 is 28.5 Å². The summed E-state index contributed by atoms with van der Waals surface area (Å²) < 4.78 is 30.0. The van der Waals surface area contributed by atoms with Gasteiger partial charge in [0.2, 0.25) is 0 Å². The highest BCUT2D eigenvalue weighted by Gasteiger charge is 2.47. The standard InChI is InChI=1S/C33H54O6/c1-4-5-12-24(2)29(38-32-15-8-10-19-36-32)18-17-27-28-22-25(13-6-7-14-31(34)35-3)21-26(28)23-30(27)39-33-16-9-11-20-37-33/h13,17-18,24,26-30,32-33H,4-12,14-16,19-23H2,1-3H3/t24?,26-,27-,28+,29?,30-,32?,33?/m1/s1. The molecule has 4 unspecified atom stereocenters. The number of carbonyl (C=O) groups is 1. The van der Waals surface area contributed by atoms with Crippen molar-refractivity contribution in [3.05, 3.63) is 23.8 Å². The van der Waals surface area contributed by atoms with Crippen molar-refractivity contribution in [2.45, 2.75) is 135 Å². The SMILES string of the molecule is CCCCC(C)C(C=C[C@@H]1[C@H]2CC(=CCCCC(=O)OC)C[C@@H]2C[C@H]1OC1CCCCO1)OC1CCCCO1. The number of rotatable bonds is 14. The lowest BCUT2D eigenvalue weighted by atomic mass is 9.89. The summed E-state index contributed by atoms with van der Waals surface area (Å²) in [5.41, 5.74) is 1.56. The predicted molar refractivity (Wildman–Crippen MR) is 153 cm³/mol. The smallest absolute Gasteiger partial charge is 0.305 e. The van der Waals surface area contributed by atoms with Crippen LogP contribution in [0.2, 0.25) is 0 Å². The van der Waals surface area contributed by atoms with Crippen molar-refractivity contribution in [3.63, 3.8) is 0 Å². The molecule has 0 aromatic heterocycles. The Balaban J connectivity index is 1.44. The second-order valence-electron chi connectivity index (χ2n) is 12.3. The topological polar surface area (TPSA) is 63.2 Å². The largest absolute Gasteiger partial charge is 0.469 e. The van der Waals surface area contributed by atoms with Gasteiger partial charge in [0.25, 0.3) is 0 Å². The molecule has 0 spiro atoms. The molecule has 0 amide bonds. The molecule has 4 aliphatic rings. The number of carbonyl (C=O) groups excluding carboxylic acids is 1. The van der Waals surface area contributed by atoms with Gasteiger partial charge in [-0.3, -0.25) is 4.79 Å². The number of hydrogen-bond acceptors (Lipinski definition) is 6. The highest BCUT2D eigenvalue weighted by atomic mass is 16.7. The molecule has 39 heavy (non-hydrogen) atoms. The quantitative estimate of drug-likeness (QED) is 0.128. The van der Waals surface area contributed by atoms with Crippen molar-refractivity contribution in [1.82, 2.24) is 0 Å². The molecule has 0 aromatic rings. The number of fused-ring (bicyclic) bond motifs is 1. The third-order valence-electron chi connectivity index (χ3n) is 9.34. The van der Waals surface area contributed by atoms with Crippen LogP contribution in [0, 0.1) is 23.7 Å². The molecule has 6 heteroatoms. The Morgan fingerprint density at radius 2 is 1.82 bits per heavy atom. The summed E-state index contributed by atoms with van der Waals surface area (Å²) in [7, 11) is 1.46. The first-order chi connectivity index (χ1) is 19.1. The van der Waals surface area contributed by atoms with Gasteiger partial charge in [-0.15, -0.1) is 0 Å². The van der Waals surface area contributed by atoms with Gasteiger partial charge in [-0.1, -0.05) is 50.5 Å². The number of unbranched alkanes of at least 4 members (excludes halogenated alkanes) is 2. The van der Waals surface area contributed by atoms with Gasteiger partial charge >= 0.3 is 5.97 Å². The molecule has 2 saturated heterocycles. The van der Waals surface area contributed by atoms with Crippen LogP contribution in [0.15, 0.2) is 23.8 Å². The highest BCUT2D eigenvalue weighted by Crippen LogP contribution is 2.52. The van der Waals surface area contributed by atoms with E-state index in [2.05, 4.69) is 32.1 Å². The summed E-state index contributed by atoms with van der Waals surface area (Å²) in [6.07, 6.45) is 23.3. The van der Waals surface area contributed by atoms with E-state index in [-0.39, 0.29) is 30.8 Å². The van der Waals surface area contributed by atoms with Gasteiger partial charge in [-0.25, -0.2) is 0 Å². The lowest BCUT2D eigenvalue weighted by Gasteiger charge is -2.31. The number of esters is 1. The summed E-state index contributed by atoms with van der Waals surface area (Å²) in [6.45, 7) is 6.22. The Bertz CT molecular complexity index is 781. The fourth-order valence-electron chi connectivity index (χ4n) is 7.02. The van der Waals surface area contributed by atoms with E-state index >= 15 is 0 Å². The fourth-order valence-corrected chi connectivity index (χ4v) is 7.02. The Kier molecular flexibility index (Phi) is 12.8. The molecular weight excluding hydrogens is 492 g/mol. The maximum atomic E-state index is 11.5. The first kappa shape index (κ1) is 30.7. The maximum absolute atomic E-state index is 11.5.